The fourth-order valence-corrected chi connectivity index (χ4v) is 1.20. The molecule has 2 N–H and O–H groups in total. The first-order valence-electron chi connectivity index (χ1n) is 4.96. The van der Waals surface area contributed by atoms with Crippen LogP contribution in [0.2, 0.25) is 0 Å². The van der Waals surface area contributed by atoms with E-state index in [4.69, 9.17) is 19.8 Å². The maximum atomic E-state index is 10.4. The van der Waals surface area contributed by atoms with Crippen molar-refractivity contribution in [2.75, 3.05) is 13.2 Å². The Bertz CT molecular complexity index is 416. The number of carbonyl (C=O) groups is 1. The summed E-state index contributed by atoms with van der Waals surface area (Å²) in [4.78, 5) is 10.4. The van der Waals surface area contributed by atoms with Gasteiger partial charge in [-0.1, -0.05) is 5.16 Å². The van der Waals surface area contributed by atoms with E-state index in [0.29, 0.717) is 23.7 Å². The van der Waals surface area contributed by atoms with Crippen LogP contribution in [0.4, 0.5) is 0 Å². The van der Waals surface area contributed by atoms with E-state index in [1.165, 1.54) is 6.21 Å². The average molecular weight is 239 g/mol. The Labute approximate surface area is 98.1 Å². The van der Waals surface area contributed by atoms with Gasteiger partial charge in [-0.3, -0.25) is 0 Å². The van der Waals surface area contributed by atoms with Crippen molar-refractivity contribution < 1.29 is 24.6 Å². The number of benzene rings is 1. The minimum absolute atomic E-state index is 0.337. The van der Waals surface area contributed by atoms with Gasteiger partial charge >= 0.3 is 5.97 Å². The Hall–Kier alpha value is -2.24. The number of ether oxygens (including phenoxy) is 2. The third-order valence-electron chi connectivity index (χ3n) is 1.83. The molecule has 1 rings (SSSR count). The van der Waals surface area contributed by atoms with Crippen molar-refractivity contribution in [1.29, 1.82) is 0 Å². The molecule has 17 heavy (non-hydrogen) atoms. The van der Waals surface area contributed by atoms with Crippen molar-refractivity contribution in [3.8, 4) is 11.5 Å². The number of aliphatic carboxylic acids is 1. The van der Waals surface area contributed by atoms with Gasteiger partial charge in [-0.15, -0.1) is 0 Å². The smallest absolute Gasteiger partial charge is 0.341 e. The summed E-state index contributed by atoms with van der Waals surface area (Å²) >= 11 is 0. The zero-order valence-corrected chi connectivity index (χ0v) is 9.29. The fraction of sp³-hybridized carbons (Fsp3) is 0.273. The van der Waals surface area contributed by atoms with Crippen LogP contribution in [0.25, 0.3) is 0 Å². The molecule has 0 bridgehead atoms. The zero-order valence-electron chi connectivity index (χ0n) is 9.29. The van der Waals surface area contributed by atoms with Crippen LogP contribution in [0.1, 0.15) is 12.5 Å². The lowest BCUT2D eigenvalue weighted by Gasteiger charge is -2.10. The normalized spacial score (nSPS) is 10.4. The summed E-state index contributed by atoms with van der Waals surface area (Å²) in [5.41, 5.74) is 0.624. The molecule has 0 aromatic heterocycles. The van der Waals surface area contributed by atoms with Crippen LogP contribution in [0.15, 0.2) is 23.4 Å². The molecule has 0 amide bonds. The standard InChI is InChI=1S/C11H13NO5/c1-2-16-10-5-8(6-12-15)3-4-9(10)17-7-11(13)14/h3-6,15H,2,7H2,1H3,(H,13,14). The third kappa shape index (κ3) is 4.02. The van der Waals surface area contributed by atoms with E-state index >= 15 is 0 Å². The van der Waals surface area contributed by atoms with Crippen LogP contribution < -0.4 is 9.47 Å². The summed E-state index contributed by atoms with van der Waals surface area (Å²) in [5, 5.41) is 19.8. The minimum Gasteiger partial charge on any atom is -0.490 e. The van der Waals surface area contributed by atoms with Gasteiger partial charge in [0.15, 0.2) is 18.1 Å². The van der Waals surface area contributed by atoms with Gasteiger partial charge in [0.1, 0.15) is 0 Å². The number of rotatable bonds is 6. The summed E-state index contributed by atoms with van der Waals surface area (Å²) in [6, 6.07) is 4.78. The highest BCUT2D eigenvalue weighted by atomic mass is 16.5. The lowest BCUT2D eigenvalue weighted by Crippen LogP contribution is -2.10. The Kier molecular flexibility index (Phi) is 4.80. The molecule has 6 nitrogen and oxygen atoms in total. The van der Waals surface area contributed by atoms with Crippen molar-refractivity contribution in [3.05, 3.63) is 23.8 Å². The van der Waals surface area contributed by atoms with Gasteiger partial charge in [-0.2, -0.15) is 0 Å². The van der Waals surface area contributed by atoms with E-state index in [2.05, 4.69) is 5.16 Å². The molecule has 92 valence electrons. The summed E-state index contributed by atoms with van der Waals surface area (Å²) in [7, 11) is 0. The number of nitrogens with zero attached hydrogens (tertiary/aromatic N) is 1. The molecule has 0 fully saturated rings. The maximum Gasteiger partial charge on any atom is 0.341 e. The first-order valence-corrected chi connectivity index (χ1v) is 4.96. The first kappa shape index (κ1) is 12.8. The van der Waals surface area contributed by atoms with Gasteiger partial charge in [-0.05, 0) is 25.1 Å². The quantitative estimate of drug-likeness (QED) is 0.444. The van der Waals surface area contributed by atoms with Crippen LogP contribution in [-0.4, -0.2) is 35.7 Å². The van der Waals surface area contributed by atoms with Crippen LogP contribution >= 0.6 is 0 Å². The van der Waals surface area contributed by atoms with Gasteiger partial charge in [0.05, 0.1) is 12.8 Å². The van der Waals surface area contributed by atoms with E-state index in [-0.39, 0.29) is 0 Å². The van der Waals surface area contributed by atoms with E-state index < -0.39 is 12.6 Å². The molecule has 0 aliphatic rings. The fourth-order valence-electron chi connectivity index (χ4n) is 1.20. The lowest BCUT2D eigenvalue weighted by atomic mass is 10.2. The number of carboxylic acid groups (broad SMARTS) is 1. The number of hydrogen-bond donors (Lipinski definition) is 2. The first-order chi connectivity index (χ1) is 8.17. The van der Waals surface area contributed by atoms with E-state index in [1.807, 2.05) is 0 Å². The summed E-state index contributed by atoms with van der Waals surface area (Å²) in [6.45, 7) is 1.78. The van der Waals surface area contributed by atoms with Gasteiger partial charge in [0.25, 0.3) is 0 Å². The van der Waals surface area contributed by atoms with Crippen LogP contribution in [0.3, 0.4) is 0 Å². The van der Waals surface area contributed by atoms with E-state index in [1.54, 1.807) is 25.1 Å². The molecule has 0 radical (unpaired) electrons. The van der Waals surface area contributed by atoms with Gasteiger partial charge in [0, 0.05) is 5.56 Å². The molecular formula is C11H13NO5. The van der Waals surface area contributed by atoms with Crippen LogP contribution in [-0.2, 0) is 4.79 Å². The molecule has 0 heterocycles. The molecule has 0 saturated heterocycles. The topological polar surface area (TPSA) is 88.4 Å². The number of carboxylic acids is 1. The third-order valence-corrected chi connectivity index (χ3v) is 1.83. The molecular weight excluding hydrogens is 226 g/mol. The maximum absolute atomic E-state index is 10.4. The zero-order chi connectivity index (χ0) is 12.7. The molecule has 1 aromatic rings. The number of oxime groups is 1. The van der Waals surface area contributed by atoms with Crippen molar-refractivity contribution in [3.63, 3.8) is 0 Å². The SMILES string of the molecule is CCOc1cc(C=NO)ccc1OCC(=O)O. The predicted octanol–water partition coefficient (Wildman–Crippen LogP) is 1.36. The Morgan fingerprint density at radius 3 is 2.76 bits per heavy atom. The highest BCUT2D eigenvalue weighted by Crippen LogP contribution is 2.27. The van der Waals surface area contributed by atoms with Crippen molar-refractivity contribution in [2.24, 2.45) is 5.16 Å². The van der Waals surface area contributed by atoms with Crippen molar-refractivity contribution in [1.82, 2.24) is 0 Å². The Balaban J connectivity index is 2.90. The minimum atomic E-state index is -1.06. The summed E-state index contributed by atoms with van der Waals surface area (Å²) in [5.74, 6) is -0.316. The molecule has 0 atom stereocenters. The van der Waals surface area contributed by atoms with Crippen LogP contribution in [0.5, 0.6) is 11.5 Å². The molecule has 0 aliphatic carbocycles. The van der Waals surface area contributed by atoms with Crippen molar-refractivity contribution in [2.45, 2.75) is 6.92 Å². The van der Waals surface area contributed by atoms with Gasteiger partial charge in [-0.25, -0.2) is 4.79 Å². The molecule has 6 heteroatoms. The molecule has 0 spiro atoms. The second-order valence-electron chi connectivity index (χ2n) is 3.07. The second kappa shape index (κ2) is 6.37. The van der Waals surface area contributed by atoms with Crippen LogP contribution in [0, 0.1) is 0 Å². The monoisotopic (exact) mass is 239 g/mol. The molecule has 0 aliphatic heterocycles. The van der Waals surface area contributed by atoms with E-state index in [0.717, 1.165) is 0 Å². The lowest BCUT2D eigenvalue weighted by molar-refractivity contribution is -0.139. The predicted molar refractivity (Wildman–Crippen MR) is 60.1 cm³/mol. The summed E-state index contributed by atoms with van der Waals surface area (Å²) in [6.07, 6.45) is 1.24. The Morgan fingerprint density at radius 1 is 1.41 bits per heavy atom. The van der Waals surface area contributed by atoms with Crippen molar-refractivity contribution >= 4 is 12.2 Å². The highest BCUT2D eigenvalue weighted by molar-refractivity contribution is 5.80. The largest absolute Gasteiger partial charge is 0.490 e. The number of hydrogen-bond acceptors (Lipinski definition) is 5. The Morgan fingerprint density at radius 2 is 2.18 bits per heavy atom. The summed E-state index contributed by atoms with van der Waals surface area (Å²) < 4.78 is 10.3. The highest BCUT2D eigenvalue weighted by Gasteiger charge is 2.07. The van der Waals surface area contributed by atoms with E-state index in [9.17, 15) is 4.79 Å². The van der Waals surface area contributed by atoms with Gasteiger partial charge in [0.2, 0.25) is 0 Å². The average Bonchev–Trinajstić information content (AvgIpc) is 2.28. The second-order valence-corrected chi connectivity index (χ2v) is 3.07. The van der Waals surface area contributed by atoms with Gasteiger partial charge < -0.3 is 19.8 Å². The molecule has 0 unspecified atom stereocenters. The molecule has 0 saturated carbocycles. The molecule has 1 aromatic carbocycles.